The summed E-state index contributed by atoms with van der Waals surface area (Å²) in [7, 11) is 0. The van der Waals surface area contributed by atoms with E-state index in [1.165, 1.54) is 32.1 Å². The lowest BCUT2D eigenvalue weighted by atomic mass is 9.85. The molecule has 0 radical (unpaired) electrons. The van der Waals surface area contributed by atoms with E-state index in [0.29, 0.717) is 0 Å². The van der Waals surface area contributed by atoms with Crippen LogP contribution < -0.4 is 10.6 Å². The Bertz CT molecular complexity index is 391. The lowest BCUT2D eigenvalue weighted by Crippen LogP contribution is -2.56. The molecule has 6 nitrogen and oxygen atoms in total. The Kier molecular flexibility index (Phi) is 7.15. The normalized spacial score (nSPS) is 25.0. The van der Waals surface area contributed by atoms with Gasteiger partial charge < -0.3 is 15.7 Å². The van der Waals surface area contributed by atoms with E-state index in [-0.39, 0.29) is 24.7 Å². The first kappa shape index (κ1) is 18.0. The molecule has 0 spiro atoms. The van der Waals surface area contributed by atoms with Crippen molar-refractivity contribution < 1.29 is 14.7 Å². The van der Waals surface area contributed by atoms with E-state index >= 15 is 0 Å². The number of carbonyl (C=O) groups is 2. The van der Waals surface area contributed by atoms with Crippen LogP contribution in [0.15, 0.2) is 0 Å². The molecule has 2 fully saturated rings. The molecule has 0 unspecified atom stereocenters. The van der Waals surface area contributed by atoms with Crippen LogP contribution in [0.4, 0.5) is 4.79 Å². The third kappa shape index (κ3) is 6.01. The standard InChI is InChI=1S/C17H31N3O3/c1-2-20(12-16(21)22)15-10-14(11-15)19-17(23)18-9-8-13-6-4-3-5-7-13/h13-15H,2-12H2,1H3,(H,21,22)(H2,18,19,23). The average molecular weight is 325 g/mol. The number of nitrogens with one attached hydrogen (secondary N) is 2. The largest absolute Gasteiger partial charge is 0.480 e. The summed E-state index contributed by atoms with van der Waals surface area (Å²) in [5.41, 5.74) is 0. The first-order valence-electron chi connectivity index (χ1n) is 9.08. The first-order valence-corrected chi connectivity index (χ1v) is 9.08. The number of rotatable bonds is 8. The number of amides is 2. The van der Waals surface area contributed by atoms with Gasteiger partial charge in [-0.05, 0) is 31.7 Å². The van der Waals surface area contributed by atoms with Gasteiger partial charge in [0.05, 0.1) is 6.54 Å². The maximum atomic E-state index is 11.9. The Morgan fingerprint density at radius 1 is 1.17 bits per heavy atom. The Labute approximate surface area is 139 Å². The molecule has 2 aliphatic rings. The van der Waals surface area contributed by atoms with E-state index in [9.17, 15) is 9.59 Å². The number of hydrogen-bond donors (Lipinski definition) is 3. The molecule has 2 aliphatic carbocycles. The van der Waals surface area contributed by atoms with E-state index in [0.717, 1.165) is 38.3 Å². The number of carboxylic acid groups (broad SMARTS) is 1. The number of likely N-dealkylation sites (N-methyl/N-ethyl adjacent to an activating group) is 1. The van der Waals surface area contributed by atoms with Crippen molar-refractivity contribution in [1.82, 2.24) is 15.5 Å². The van der Waals surface area contributed by atoms with Gasteiger partial charge in [-0.3, -0.25) is 9.69 Å². The molecule has 2 rings (SSSR count). The van der Waals surface area contributed by atoms with E-state index in [4.69, 9.17) is 5.11 Å². The van der Waals surface area contributed by atoms with Gasteiger partial charge in [0.2, 0.25) is 0 Å². The number of aliphatic carboxylic acids is 1. The van der Waals surface area contributed by atoms with Crippen LogP contribution in [0, 0.1) is 5.92 Å². The second-order valence-electron chi connectivity index (χ2n) is 6.97. The van der Waals surface area contributed by atoms with Gasteiger partial charge in [-0.1, -0.05) is 39.0 Å². The molecule has 0 aromatic heterocycles. The van der Waals surface area contributed by atoms with E-state index < -0.39 is 5.97 Å². The molecular weight excluding hydrogens is 294 g/mol. The number of urea groups is 1. The second-order valence-corrected chi connectivity index (χ2v) is 6.97. The fourth-order valence-corrected chi connectivity index (χ4v) is 3.78. The van der Waals surface area contributed by atoms with Crippen molar-refractivity contribution in [2.75, 3.05) is 19.6 Å². The monoisotopic (exact) mass is 325 g/mol. The fraction of sp³-hybridized carbons (Fsp3) is 0.882. The number of nitrogens with zero attached hydrogens (tertiary/aromatic N) is 1. The molecule has 23 heavy (non-hydrogen) atoms. The fourth-order valence-electron chi connectivity index (χ4n) is 3.78. The molecule has 0 bridgehead atoms. The van der Waals surface area contributed by atoms with Crippen molar-refractivity contribution in [1.29, 1.82) is 0 Å². The van der Waals surface area contributed by atoms with Crippen molar-refractivity contribution >= 4 is 12.0 Å². The zero-order valence-corrected chi connectivity index (χ0v) is 14.2. The molecule has 6 heteroatoms. The number of hydrogen-bond acceptors (Lipinski definition) is 3. The molecule has 2 amide bonds. The highest BCUT2D eigenvalue weighted by Crippen LogP contribution is 2.26. The van der Waals surface area contributed by atoms with E-state index in [2.05, 4.69) is 10.6 Å². The minimum absolute atomic E-state index is 0.0782. The summed E-state index contributed by atoms with van der Waals surface area (Å²) in [4.78, 5) is 24.6. The Morgan fingerprint density at radius 3 is 2.48 bits per heavy atom. The zero-order chi connectivity index (χ0) is 16.7. The molecule has 0 heterocycles. The second kappa shape index (κ2) is 9.11. The van der Waals surface area contributed by atoms with Crippen LogP contribution in [0.1, 0.15) is 58.3 Å². The van der Waals surface area contributed by atoms with Gasteiger partial charge in [0.1, 0.15) is 0 Å². The zero-order valence-electron chi connectivity index (χ0n) is 14.2. The first-order chi connectivity index (χ1) is 11.1. The van der Waals surface area contributed by atoms with Gasteiger partial charge in [-0.25, -0.2) is 4.79 Å². The molecule has 0 aromatic carbocycles. The van der Waals surface area contributed by atoms with Crippen LogP contribution in [0.5, 0.6) is 0 Å². The summed E-state index contributed by atoms with van der Waals surface area (Å²) in [6.07, 6.45) is 9.43. The topological polar surface area (TPSA) is 81.7 Å². The van der Waals surface area contributed by atoms with Crippen molar-refractivity contribution in [2.45, 2.75) is 70.4 Å². The van der Waals surface area contributed by atoms with Crippen molar-refractivity contribution in [2.24, 2.45) is 5.92 Å². The van der Waals surface area contributed by atoms with Crippen LogP contribution >= 0.6 is 0 Å². The highest BCUT2D eigenvalue weighted by molar-refractivity contribution is 5.74. The summed E-state index contributed by atoms with van der Waals surface area (Å²) >= 11 is 0. The third-order valence-electron chi connectivity index (χ3n) is 5.27. The van der Waals surface area contributed by atoms with Crippen molar-refractivity contribution in [3.63, 3.8) is 0 Å². The molecule has 0 aliphatic heterocycles. The molecular formula is C17H31N3O3. The lowest BCUT2D eigenvalue weighted by Gasteiger charge is -2.42. The SMILES string of the molecule is CCN(CC(=O)O)C1CC(NC(=O)NCCC2CCCCC2)C1. The summed E-state index contributed by atoms with van der Waals surface area (Å²) in [6.45, 7) is 3.55. The van der Waals surface area contributed by atoms with Crippen LogP contribution in [0.3, 0.4) is 0 Å². The Hall–Kier alpha value is -1.30. The number of carbonyl (C=O) groups excluding carboxylic acids is 1. The maximum absolute atomic E-state index is 11.9. The summed E-state index contributed by atoms with van der Waals surface area (Å²) < 4.78 is 0. The smallest absolute Gasteiger partial charge is 0.317 e. The van der Waals surface area contributed by atoms with Gasteiger partial charge in [-0.15, -0.1) is 0 Å². The van der Waals surface area contributed by atoms with Gasteiger partial charge in [0.15, 0.2) is 0 Å². The highest BCUT2D eigenvalue weighted by Gasteiger charge is 2.34. The highest BCUT2D eigenvalue weighted by atomic mass is 16.4. The summed E-state index contributed by atoms with van der Waals surface area (Å²) in [5, 5.41) is 14.8. The third-order valence-corrected chi connectivity index (χ3v) is 5.27. The van der Waals surface area contributed by atoms with Crippen LogP contribution in [-0.2, 0) is 4.79 Å². The lowest BCUT2D eigenvalue weighted by molar-refractivity contribution is -0.139. The minimum atomic E-state index is -0.788. The molecule has 132 valence electrons. The predicted molar refractivity (Wildman–Crippen MR) is 89.4 cm³/mol. The number of carboxylic acids is 1. The Morgan fingerprint density at radius 2 is 1.87 bits per heavy atom. The minimum Gasteiger partial charge on any atom is -0.480 e. The van der Waals surface area contributed by atoms with Gasteiger partial charge in [0, 0.05) is 18.6 Å². The molecule has 2 saturated carbocycles. The van der Waals surface area contributed by atoms with Crippen LogP contribution in [-0.4, -0.2) is 53.7 Å². The van der Waals surface area contributed by atoms with Crippen LogP contribution in [0.2, 0.25) is 0 Å². The van der Waals surface area contributed by atoms with E-state index in [1.54, 1.807) is 0 Å². The molecule has 0 aromatic rings. The Balaban J connectivity index is 1.55. The predicted octanol–water partition coefficient (Wildman–Crippen LogP) is 2.19. The molecule has 3 N–H and O–H groups in total. The van der Waals surface area contributed by atoms with Crippen molar-refractivity contribution in [3.8, 4) is 0 Å². The summed E-state index contributed by atoms with van der Waals surface area (Å²) in [5.74, 6) is -0.00465. The quantitative estimate of drug-likeness (QED) is 0.639. The van der Waals surface area contributed by atoms with Gasteiger partial charge in [0.25, 0.3) is 0 Å². The van der Waals surface area contributed by atoms with Gasteiger partial charge >= 0.3 is 12.0 Å². The van der Waals surface area contributed by atoms with Crippen LogP contribution in [0.25, 0.3) is 0 Å². The van der Waals surface area contributed by atoms with Gasteiger partial charge in [-0.2, -0.15) is 0 Å². The maximum Gasteiger partial charge on any atom is 0.317 e. The van der Waals surface area contributed by atoms with E-state index in [1.807, 2.05) is 11.8 Å². The van der Waals surface area contributed by atoms with Crippen molar-refractivity contribution in [3.05, 3.63) is 0 Å². The summed E-state index contributed by atoms with van der Waals surface area (Å²) in [6, 6.07) is 0.381. The molecule has 0 atom stereocenters. The molecule has 0 saturated heterocycles. The average Bonchev–Trinajstić information content (AvgIpc) is 2.49.